The molecule has 7 nitrogen and oxygen atoms in total. The molecule has 0 atom stereocenters. The van der Waals surface area contributed by atoms with Crippen LogP contribution < -0.4 is 4.72 Å². The quantitative estimate of drug-likeness (QED) is 0.714. The number of carbonyl (C=O) groups is 2. The van der Waals surface area contributed by atoms with Gasteiger partial charge in [-0.2, -0.15) is 0 Å². The molecule has 1 aromatic carbocycles. The van der Waals surface area contributed by atoms with E-state index in [1.54, 1.807) is 19.1 Å². The SMILES string of the molecule is CCOC(=O)CS(=O)(=O)Nc1ccccc1CC(=O)O. The number of carbonyl (C=O) groups excluding carboxylic acids is 1. The molecule has 110 valence electrons. The van der Waals surface area contributed by atoms with Gasteiger partial charge in [0.25, 0.3) is 0 Å². The summed E-state index contributed by atoms with van der Waals surface area (Å²) in [7, 11) is -3.93. The number of benzene rings is 1. The average Bonchev–Trinajstić information content (AvgIpc) is 2.30. The van der Waals surface area contributed by atoms with Gasteiger partial charge in [-0.25, -0.2) is 8.42 Å². The maximum Gasteiger partial charge on any atom is 0.323 e. The van der Waals surface area contributed by atoms with Crippen molar-refractivity contribution < 1.29 is 27.9 Å². The van der Waals surface area contributed by atoms with Crippen LogP contribution in [0.2, 0.25) is 0 Å². The minimum Gasteiger partial charge on any atom is -0.481 e. The van der Waals surface area contributed by atoms with E-state index in [0.717, 1.165) is 0 Å². The molecule has 0 heterocycles. The van der Waals surface area contributed by atoms with Crippen molar-refractivity contribution in [1.82, 2.24) is 0 Å². The van der Waals surface area contributed by atoms with Crippen molar-refractivity contribution in [1.29, 1.82) is 0 Å². The second-order valence-electron chi connectivity index (χ2n) is 3.89. The fraction of sp³-hybridized carbons (Fsp3) is 0.333. The second-order valence-corrected chi connectivity index (χ2v) is 5.62. The Labute approximate surface area is 116 Å². The molecule has 8 heteroatoms. The number of esters is 1. The number of carboxylic acids is 1. The molecule has 0 aliphatic rings. The van der Waals surface area contributed by atoms with E-state index >= 15 is 0 Å². The topological polar surface area (TPSA) is 110 Å². The molecule has 0 aliphatic carbocycles. The monoisotopic (exact) mass is 301 g/mol. The highest BCUT2D eigenvalue weighted by Crippen LogP contribution is 2.17. The molecule has 0 saturated carbocycles. The Bertz CT molecular complexity index is 596. The number of nitrogens with one attached hydrogen (secondary N) is 1. The van der Waals surface area contributed by atoms with Crippen LogP contribution in [0.15, 0.2) is 24.3 Å². The smallest absolute Gasteiger partial charge is 0.323 e. The van der Waals surface area contributed by atoms with Crippen molar-refractivity contribution in [3.05, 3.63) is 29.8 Å². The summed E-state index contributed by atoms with van der Waals surface area (Å²) in [5.74, 6) is -2.76. The third kappa shape index (κ3) is 5.27. The van der Waals surface area contributed by atoms with Crippen LogP contribution in [-0.2, 0) is 30.8 Å². The lowest BCUT2D eigenvalue weighted by atomic mass is 10.1. The number of hydrogen-bond donors (Lipinski definition) is 2. The predicted molar refractivity (Wildman–Crippen MR) is 71.8 cm³/mol. The van der Waals surface area contributed by atoms with Crippen LogP contribution in [0.25, 0.3) is 0 Å². The van der Waals surface area contributed by atoms with Crippen LogP contribution in [-0.4, -0.2) is 37.8 Å². The van der Waals surface area contributed by atoms with Gasteiger partial charge in [0.2, 0.25) is 10.0 Å². The minimum atomic E-state index is -3.93. The van der Waals surface area contributed by atoms with Gasteiger partial charge in [0, 0.05) is 0 Å². The molecule has 0 aliphatic heterocycles. The van der Waals surface area contributed by atoms with E-state index in [1.165, 1.54) is 12.1 Å². The van der Waals surface area contributed by atoms with E-state index in [1.807, 2.05) is 0 Å². The first-order valence-corrected chi connectivity index (χ1v) is 7.45. The molecule has 0 bridgehead atoms. The molecule has 0 amide bonds. The molecule has 0 radical (unpaired) electrons. The highest BCUT2D eigenvalue weighted by molar-refractivity contribution is 7.93. The Morgan fingerprint density at radius 2 is 1.95 bits per heavy atom. The third-order valence-corrected chi connectivity index (χ3v) is 3.38. The highest BCUT2D eigenvalue weighted by Gasteiger charge is 2.19. The van der Waals surface area contributed by atoms with Gasteiger partial charge in [-0.05, 0) is 18.6 Å². The summed E-state index contributed by atoms with van der Waals surface area (Å²) in [4.78, 5) is 21.9. The third-order valence-electron chi connectivity index (χ3n) is 2.24. The number of anilines is 1. The molecule has 0 fully saturated rings. The van der Waals surface area contributed by atoms with E-state index < -0.39 is 27.7 Å². The van der Waals surface area contributed by atoms with E-state index in [-0.39, 0.29) is 18.7 Å². The Morgan fingerprint density at radius 1 is 1.30 bits per heavy atom. The van der Waals surface area contributed by atoms with E-state index in [2.05, 4.69) is 9.46 Å². The number of aliphatic carboxylic acids is 1. The molecular formula is C12H15NO6S. The largest absolute Gasteiger partial charge is 0.481 e. The van der Waals surface area contributed by atoms with Crippen LogP contribution in [0, 0.1) is 0 Å². The van der Waals surface area contributed by atoms with Crippen molar-refractivity contribution in [2.45, 2.75) is 13.3 Å². The lowest BCUT2D eigenvalue weighted by molar-refractivity contribution is -0.140. The molecule has 1 rings (SSSR count). The summed E-state index contributed by atoms with van der Waals surface area (Å²) in [5, 5.41) is 8.75. The van der Waals surface area contributed by atoms with E-state index in [0.29, 0.717) is 5.56 Å². The Morgan fingerprint density at radius 3 is 2.55 bits per heavy atom. The summed E-state index contributed by atoms with van der Waals surface area (Å²) in [6, 6.07) is 6.09. The molecule has 0 spiro atoms. The second kappa shape index (κ2) is 6.90. The van der Waals surface area contributed by atoms with Gasteiger partial charge in [-0.3, -0.25) is 14.3 Å². The molecule has 0 unspecified atom stereocenters. The zero-order valence-corrected chi connectivity index (χ0v) is 11.6. The van der Waals surface area contributed by atoms with Crippen molar-refractivity contribution in [2.24, 2.45) is 0 Å². The lowest BCUT2D eigenvalue weighted by Gasteiger charge is -2.11. The van der Waals surface area contributed by atoms with Gasteiger partial charge in [0.05, 0.1) is 18.7 Å². The summed E-state index contributed by atoms with van der Waals surface area (Å²) < 4.78 is 30.3. The number of para-hydroxylation sites is 1. The minimum absolute atomic E-state index is 0.0873. The summed E-state index contributed by atoms with van der Waals surface area (Å²) in [6.07, 6.45) is -0.321. The number of sulfonamides is 1. The van der Waals surface area contributed by atoms with E-state index in [4.69, 9.17) is 5.11 Å². The summed E-state index contributed by atoms with van der Waals surface area (Å²) >= 11 is 0. The van der Waals surface area contributed by atoms with Gasteiger partial charge >= 0.3 is 11.9 Å². The van der Waals surface area contributed by atoms with Gasteiger partial charge in [0.1, 0.15) is 0 Å². The molecule has 1 aromatic rings. The molecule has 0 aromatic heterocycles. The zero-order valence-electron chi connectivity index (χ0n) is 10.8. The van der Waals surface area contributed by atoms with Crippen molar-refractivity contribution >= 4 is 27.6 Å². The highest BCUT2D eigenvalue weighted by atomic mass is 32.2. The number of rotatable bonds is 7. The number of hydrogen-bond acceptors (Lipinski definition) is 5. The summed E-state index contributed by atoms with van der Waals surface area (Å²) in [5.41, 5.74) is 0.451. The zero-order chi connectivity index (χ0) is 15.2. The molecule has 0 saturated heterocycles. The normalized spacial score (nSPS) is 10.8. The Hall–Kier alpha value is -2.09. The Balaban J connectivity index is 2.87. The average molecular weight is 301 g/mol. The van der Waals surface area contributed by atoms with Crippen LogP contribution in [0.5, 0.6) is 0 Å². The standard InChI is InChI=1S/C12H15NO6S/c1-2-19-12(16)8-20(17,18)13-10-6-4-3-5-9(10)7-11(14)15/h3-6,13H,2,7-8H2,1H3,(H,14,15). The van der Waals surface area contributed by atoms with Crippen LogP contribution in [0.3, 0.4) is 0 Å². The maximum absolute atomic E-state index is 11.8. The predicted octanol–water partition coefficient (Wildman–Crippen LogP) is 0.618. The number of carboxylic acid groups (broad SMARTS) is 1. The number of ether oxygens (including phenoxy) is 1. The van der Waals surface area contributed by atoms with Crippen molar-refractivity contribution in [2.75, 3.05) is 17.1 Å². The first-order valence-electron chi connectivity index (χ1n) is 5.80. The van der Waals surface area contributed by atoms with Crippen molar-refractivity contribution in [3.8, 4) is 0 Å². The molecule has 20 heavy (non-hydrogen) atoms. The fourth-order valence-corrected chi connectivity index (χ4v) is 2.50. The van der Waals surface area contributed by atoms with Gasteiger partial charge in [-0.15, -0.1) is 0 Å². The molecule has 2 N–H and O–H groups in total. The van der Waals surface area contributed by atoms with Gasteiger partial charge < -0.3 is 9.84 Å². The van der Waals surface area contributed by atoms with Crippen molar-refractivity contribution in [3.63, 3.8) is 0 Å². The lowest BCUT2D eigenvalue weighted by Crippen LogP contribution is -2.25. The Kier molecular flexibility index (Phi) is 5.51. The van der Waals surface area contributed by atoms with Gasteiger partial charge in [0.15, 0.2) is 5.75 Å². The first-order chi connectivity index (χ1) is 9.34. The van der Waals surface area contributed by atoms with Gasteiger partial charge in [-0.1, -0.05) is 18.2 Å². The summed E-state index contributed by atoms with van der Waals surface area (Å²) in [6.45, 7) is 1.66. The van der Waals surface area contributed by atoms with Crippen LogP contribution in [0.1, 0.15) is 12.5 Å². The fourth-order valence-electron chi connectivity index (χ4n) is 1.50. The van der Waals surface area contributed by atoms with Crippen LogP contribution >= 0.6 is 0 Å². The molecular weight excluding hydrogens is 286 g/mol. The maximum atomic E-state index is 11.8. The van der Waals surface area contributed by atoms with E-state index in [9.17, 15) is 18.0 Å². The van der Waals surface area contributed by atoms with Crippen LogP contribution in [0.4, 0.5) is 5.69 Å². The first kappa shape index (κ1) is 16.0.